The average molecular weight is 430 g/mol. The van der Waals surface area contributed by atoms with E-state index in [1.807, 2.05) is 66.7 Å². The van der Waals surface area contributed by atoms with E-state index in [9.17, 15) is 14.9 Å². The van der Waals surface area contributed by atoms with Crippen molar-refractivity contribution in [3.8, 4) is 6.07 Å². The lowest BCUT2D eigenvalue weighted by atomic mass is 9.74. The normalized spacial score (nSPS) is 12.5. The molecule has 3 aromatic rings. The average Bonchev–Trinajstić information content (AvgIpc) is 2.85. The van der Waals surface area contributed by atoms with Gasteiger partial charge in [-0.15, -0.1) is 0 Å². The van der Waals surface area contributed by atoms with Gasteiger partial charge in [-0.25, -0.2) is 4.79 Å². The number of nitrogens with one attached hydrogen (secondary N) is 1. The standard InChI is InChI=1S/C26H27N3O3/c1-2-25(31)32-29-24(30)15-7-4-10-18-26(19-27,21-12-5-3-6-13-21)23-17-16-20-11-8-9-14-22(20)28-23/h3,5-6,8-9,11-14,16-17H,2,4,7,10,15,18H2,1H3,(H,29,30). The van der Waals surface area contributed by atoms with Crippen LogP contribution in [0.25, 0.3) is 10.9 Å². The number of pyridine rings is 1. The quantitative estimate of drug-likeness (QED) is 0.383. The van der Waals surface area contributed by atoms with E-state index in [1.165, 1.54) is 0 Å². The van der Waals surface area contributed by atoms with E-state index >= 15 is 0 Å². The SMILES string of the molecule is CCC(=O)ONC(=O)CCCCCC(C#N)(c1ccccc1)c1ccc2ccccc2n1. The molecule has 1 N–H and O–H groups in total. The Morgan fingerprint density at radius 1 is 1.00 bits per heavy atom. The molecule has 0 radical (unpaired) electrons. The van der Waals surface area contributed by atoms with Crippen LogP contribution in [0.1, 0.15) is 56.7 Å². The van der Waals surface area contributed by atoms with Crippen LogP contribution in [0.5, 0.6) is 0 Å². The van der Waals surface area contributed by atoms with Gasteiger partial charge in [0.15, 0.2) is 0 Å². The van der Waals surface area contributed by atoms with E-state index < -0.39 is 11.4 Å². The smallest absolute Gasteiger partial charge is 0.331 e. The monoisotopic (exact) mass is 429 g/mol. The Kier molecular flexibility index (Phi) is 7.93. The Bertz CT molecular complexity index is 1110. The number of carbonyl (C=O) groups is 2. The van der Waals surface area contributed by atoms with Crippen LogP contribution < -0.4 is 5.48 Å². The number of nitrogens with zero attached hydrogens (tertiary/aromatic N) is 2. The van der Waals surface area contributed by atoms with Gasteiger partial charge in [0, 0.05) is 18.2 Å². The molecule has 0 aliphatic heterocycles. The first-order chi connectivity index (χ1) is 15.6. The third-order valence-electron chi connectivity index (χ3n) is 5.52. The number of rotatable bonds is 9. The minimum Gasteiger partial charge on any atom is -0.341 e. The zero-order chi connectivity index (χ0) is 22.8. The number of hydroxylamine groups is 1. The molecule has 1 amide bonds. The first-order valence-electron chi connectivity index (χ1n) is 10.9. The number of hydrogen-bond acceptors (Lipinski definition) is 5. The van der Waals surface area contributed by atoms with Crippen molar-refractivity contribution in [3.63, 3.8) is 0 Å². The van der Waals surface area contributed by atoms with Crippen LogP contribution in [0.4, 0.5) is 0 Å². The summed E-state index contributed by atoms with van der Waals surface area (Å²) in [6, 6.07) is 24.1. The third kappa shape index (κ3) is 5.50. The molecular weight excluding hydrogens is 402 g/mol. The molecule has 0 spiro atoms. The van der Waals surface area contributed by atoms with Crippen LogP contribution in [0.2, 0.25) is 0 Å². The second-order valence-corrected chi connectivity index (χ2v) is 7.69. The second-order valence-electron chi connectivity index (χ2n) is 7.69. The highest BCUT2D eigenvalue weighted by Gasteiger charge is 2.35. The fraction of sp³-hybridized carbons (Fsp3) is 0.308. The summed E-state index contributed by atoms with van der Waals surface area (Å²) >= 11 is 0. The van der Waals surface area contributed by atoms with Crippen molar-refractivity contribution >= 4 is 22.8 Å². The molecule has 6 nitrogen and oxygen atoms in total. The number of para-hydroxylation sites is 1. The molecule has 2 aromatic carbocycles. The number of hydrogen-bond donors (Lipinski definition) is 1. The number of aromatic nitrogens is 1. The van der Waals surface area contributed by atoms with Crippen LogP contribution in [0, 0.1) is 11.3 Å². The maximum absolute atomic E-state index is 11.8. The fourth-order valence-corrected chi connectivity index (χ4v) is 3.71. The van der Waals surface area contributed by atoms with E-state index in [-0.39, 0.29) is 18.7 Å². The molecule has 32 heavy (non-hydrogen) atoms. The zero-order valence-electron chi connectivity index (χ0n) is 18.2. The molecule has 164 valence electrons. The third-order valence-corrected chi connectivity index (χ3v) is 5.52. The summed E-state index contributed by atoms with van der Waals surface area (Å²) in [6.45, 7) is 1.66. The van der Waals surface area contributed by atoms with E-state index in [1.54, 1.807) is 6.92 Å². The number of fused-ring (bicyclic) bond motifs is 1. The lowest BCUT2D eigenvalue weighted by molar-refractivity contribution is -0.158. The predicted molar refractivity (Wildman–Crippen MR) is 122 cm³/mol. The van der Waals surface area contributed by atoms with Crippen molar-refractivity contribution in [3.05, 3.63) is 78.0 Å². The van der Waals surface area contributed by atoms with Crippen LogP contribution in [0.3, 0.4) is 0 Å². The Morgan fingerprint density at radius 2 is 1.75 bits per heavy atom. The van der Waals surface area contributed by atoms with Crippen molar-refractivity contribution in [2.75, 3.05) is 0 Å². The highest BCUT2D eigenvalue weighted by molar-refractivity contribution is 5.79. The van der Waals surface area contributed by atoms with Crippen molar-refractivity contribution in [1.82, 2.24) is 10.5 Å². The van der Waals surface area contributed by atoms with Crippen LogP contribution in [-0.4, -0.2) is 16.9 Å². The van der Waals surface area contributed by atoms with Crippen LogP contribution in [0.15, 0.2) is 66.7 Å². The molecule has 1 aromatic heterocycles. The van der Waals surface area contributed by atoms with Gasteiger partial charge >= 0.3 is 5.97 Å². The first kappa shape index (κ1) is 23.0. The number of nitriles is 1. The van der Waals surface area contributed by atoms with Gasteiger partial charge in [-0.3, -0.25) is 9.78 Å². The molecule has 1 heterocycles. The van der Waals surface area contributed by atoms with E-state index in [0.29, 0.717) is 12.8 Å². The minimum atomic E-state index is -0.871. The summed E-state index contributed by atoms with van der Waals surface area (Å²) in [6.07, 6.45) is 3.20. The van der Waals surface area contributed by atoms with E-state index in [2.05, 4.69) is 16.4 Å². The molecule has 0 aliphatic rings. The van der Waals surface area contributed by atoms with Gasteiger partial charge in [-0.1, -0.05) is 74.4 Å². The summed E-state index contributed by atoms with van der Waals surface area (Å²) in [5, 5.41) is 11.4. The Hall–Kier alpha value is -3.72. The van der Waals surface area contributed by atoms with Gasteiger partial charge < -0.3 is 4.84 Å². The topological polar surface area (TPSA) is 92.1 Å². The van der Waals surface area contributed by atoms with Crippen LogP contribution >= 0.6 is 0 Å². The van der Waals surface area contributed by atoms with Gasteiger partial charge in [0.05, 0.1) is 17.3 Å². The lowest BCUT2D eigenvalue weighted by Gasteiger charge is -2.27. The minimum absolute atomic E-state index is 0.207. The molecule has 6 heteroatoms. The van der Waals surface area contributed by atoms with Crippen molar-refractivity contribution in [1.29, 1.82) is 5.26 Å². The van der Waals surface area contributed by atoms with Gasteiger partial charge in [-0.05, 0) is 30.5 Å². The number of benzene rings is 2. The molecule has 1 atom stereocenters. The number of amides is 1. The number of unbranched alkanes of at least 4 members (excludes halogenated alkanes) is 2. The van der Waals surface area contributed by atoms with Crippen molar-refractivity contribution < 1.29 is 14.4 Å². The second kappa shape index (κ2) is 11.1. The van der Waals surface area contributed by atoms with E-state index in [4.69, 9.17) is 4.98 Å². The summed E-state index contributed by atoms with van der Waals surface area (Å²) in [7, 11) is 0. The molecule has 0 saturated heterocycles. The summed E-state index contributed by atoms with van der Waals surface area (Å²) in [4.78, 5) is 32.4. The maximum Gasteiger partial charge on any atom is 0.331 e. The fourth-order valence-electron chi connectivity index (χ4n) is 3.71. The zero-order valence-corrected chi connectivity index (χ0v) is 18.2. The highest BCUT2D eigenvalue weighted by atomic mass is 16.7. The summed E-state index contributed by atoms with van der Waals surface area (Å²) in [5.41, 5.74) is 3.80. The van der Waals surface area contributed by atoms with E-state index in [0.717, 1.165) is 35.0 Å². The number of carbonyl (C=O) groups excluding carboxylic acids is 2. The predicted octanol–water partition coefficient (Wildman–Crippen LogP) is 4.98. The molecule has 0 saturated carbocycles. The molecular formula is C26H27N3O3. The highest BCUT2D eigenvalue weighted by Crippen LogP contribution is 2.36. The van der Waals surface area contributed by atoms with Crippen molar-refractivity contribution in [2.45, 2.75) is 50.9 Å². The molecule has 0 aliphatic carbocycles. The maximum atomic E-state index is 11.8. The largest absolute Gasteiger partial charge is 0.341 e. The Balaban J connectivity index is 1.71. The van der Waals surface area contributed by atoms with Gasteiger partial charge in [-0.2, -0.15) is 10.7 Å². The molecule has 0 fully saturated rings. The lowest BCUT2D eigenvalue weighted by Crippen LogP contribution is -2.27. The van der Waals surface area contributed by atoms with Gasteiger partial charge in [0.25, 0.3) is 5.91 Å². The molecule has 1 unspecified atom stereocenters. The van der Waals surface area contributed by atoms with Gasteiger partial charge in [0.2, 0.25) is 0 Å². The Labute approximate surface area is 188 Å². The van der Waals surface area contributed by atoms with Crippen LogP contribution in [-0.2, 0) is 19.8 Å². The Morgan fingerprint density at radius 3 is 2.50 bits per heavy atom. The molecule has 0 bridgehead atoms. The first-order valence-corrected chi connectivity index (χ1v) is 10.9. The summed E-state index contributed by atoms with van der Waals surface area (Å²) in [5.74, 6) is -0.791. The molecule has 3 rings (SSSR count). The van der Waals surface area contributed by atoms with Crippen molar-refractivity contribution in [2.24, 2.45) is 0 Å². The van der Waals surface area contributed by atoms with Gasteiger partial charge in [0.1, 0.15) is 5.41 Å². The summed E-state index contributed by atoms with van der Waals surface area (Å²) < 4.78 is 0.